The number of aromatic hydroxyl groups is 1. The summed E-state index contributed by atoms with van der Waals surface area (Å²) in [5.41, 5.74) is 1.83. The minimum atomic E-state index is -0.542. The van der Waals surface area contributed by atoms with E-state index in [1.807, 2.05) is 36.4 Å². The van der Waals surface area contributed by atoms with Crippen molar-refractivity contribution in [3.8, 4) is 17.3 Å². The summed E-state index contributed by atoms with van der Waals surface area (Å²) < 4.78 is 11.8. The van der Waals surface area contributed by atoms with Crippen LogP contribution in [-0.2, 0) is 4.74 Å². The van der Waals surface area contributed by atoms with Gasteiger partial charge in [0, 0.05) is 17.0 Å². The Bertz CT molecular complexity index is 1320. The quantitative estimate of drug-likeness (QED) is 0.658. The number of methoxy groups -OCH3 is 2. The largest absolute Gasteiger partial charge is 0.497 e. The molecule has 0 saturated carbocycles. The molecule has 0 unspecified atom stereocenters. The molecule has 1 aromatic heterocycles. The van der Waals surface area contributed by atoms with Crippen LogP contribution in [0.25, 0.3) is 17.6 Å². The van der Waals surface area contributed by atoms with Crippen LogP contribution in [0, 0.1) is 6.92 Å². The van der Waals surface area contributed by atoms with E-state index in [1.54, 1.807) is 36.8 Å². The highest BCUT2D eigenvalue weighted by Gasteiger charge is 2.25. The Morgan fingerprint density at radius 1 is 1.06 bits per heavy atom. The Labute approximate surface area is 177 Å². The highest BCUT2D eigenvalue weighted by Crippen LogP contribution is 2.33. The van der Waals surface area contributed by atoms with Crippen LogP contribution < -0.4 is 15.2 Å². The molecule has 156 valence electrons. The molecule has 0 spiro atoms. The highest BCUT2D eigenvalue weighted by atomic mass is 16.5. The van der Waals surface area contributed by atoms with Crippen LogP contribution >= 0.6 is 0 Å². The van der Waals surface area contributed by atoms with Gasteiger partial charge in [0.15, 0.2) is 0 Å². The summed E-state index contributed by atoms with van der Waals surface area (Å²) in [5, 5.41) is 27.2. The Morgan fingerprint density at radius 2 is 1.77 bits per heavy atom. The van der Waals surface area contributed by atoms with Gasteiger partial charge in [-0.3, -0.25) is 4.57 Å². The van der Waals surface area contributed by atoms with Gasteiger partial charge >= 0.3 is 5.97 Å². The monoisotopic (exact) mass is 417 g/mol. The lowest BCUT2D eigenvalue weighted by Crippen LogP contribution is -2.10. The van der Waals surface area contributed by atoms with Crippen LogP contribution in [0.1, 0.15) is 21.6 Å². The lowest BCUT2D eigenvalue weighted by atomic mass is 10.1. The van der Waals surface area contributed by atoms with Crippen molar-refractivity contribution in [1.29, 1.82) is 0 Å². The number of carbonyl (C=O) groups excluding carboxylic acids is 1. The number of ether oxygens (including phenoxy) is 2. The van der Waals surface area contributed by atoms with E-state index < -0.39 is 5.97 Å². The minimum Gasteiger partial charge on any atom is -0.497 e. The molecule has 2 aromatic carbocycles. The maximum Gasteiger partial charge on any atom is 0.340 e. The van der Waals surface area contributed by atoms with Crippen LogP contribution in [0.5, 0.6) is 11.6 Å². The van der Waals surface area contributed by atoms with E-state index in [-0.39, 0.29) is 11.4 Å². The average molecular weight is 417 g/mol. The van der Waals surface area contributed by atoms with Crippen LogP contribution in [0.4, 0.5) is 0 Å². The molecule has 31 heavy (non-hydrogen) atoms. The Balaban J connectivity index is 1.90. The third-order valence-corrected chi connectivity index (χ3v) is 4.92. The van der Waals surface area contributed by atoms with Crippen molar-refractivity contribution in [2.24, 2.45) is 20.7 Å². The number of esters is 1. The van der Waals surface area contributed by atoms with Crippen molar-refractivity contribution in [3.63, 3.8) is 0 Å². The fraction of sp³-hybridized carbons (Fsp3) is 0.136. The van der Waals surface area contributed by atoms with Gasteiger partial charge in [0.25, 0.3) is 0 Å². The molecule has 3 aromatic rings. The normalized spacial score (nSPS) is 12.3. The summed E-state index contributed by atoms with van der Waals surface area (Å²) in [5.74, 6) is 0.428. The summed E-state index contributed by atoms with van der Waals surface area (Å²) >= 11 is 0. The fourth-order valence-electron chi connectivity index (χ4n) is 3.42. The van der Waals surface area contributed by atoms with E-state index in [2.05, 4.69) is 20.7 Å². The SMILES string of the molecule is COC(=O)c1c(C=c2ccc(=C3N=NN=N3)cc2)c(O)n(-c2cccc(OC)c2)c1C. The van der Waals surface area contributed by atoms with Gasteiger partial charge in [0.05, 0.1) is 31.0 Å². The van der Waals surface area contributed by atoms with Crippen molar-refractivity contribution in [3.05, 3.63) is 75.8 Å². The van der Waals surface area contributed by atoms with E-state index in [9.17, 15) is 9.90 Å². The van der Waals surface area contributed by atoms with Crippen LogP contribution in [0.3, 0.4) is 0 Å². The second-order valence-corrected chi connectivity index (χ2v) is 6.70. The van der Waals surface area contributed by atoms with E-state index in [1.165, 1.54) is 7.11 Å². The number of benzene rings is 2. The van der Waals surface area contributed by atoms with Crippen LogP contribution in [0.2, 0.25) is 0 Å². The van der Waals surface area contributed by atoms with Gasteiger partial charge in [0.2, 0.25) is 11.7 Å². The summed E-state index contributed by atoms with van der Waals surface area (Å²) in [7, 11) is 2.87. The van der Waals surface area contributed by atoms with Crippen molar-refractivity contribution >= 4 is 17.9 Å². The molecule has 0 atom stereocenters. The van der Waals surface area contributed by atoms with E-state index >= 15 is 0 Å². The zero-order valence-electron chi connectivity index (χ0n) is 17.1. The highest BCUT2D eigenvalue weighted by molar-refractivity contribution is 5.96. The molecule has 1 aliphatic heterocycles. The topological polar surface area (TPSA) is 110 Å². The summed E-state index contributed by atoms with van der Waals surface area (Å²) in [6.45, 7) is 1.75. The molecule has 0 fully saturated rings. The van der Waals surface area contributed by atoms with Gasteiger partial charge in [-0.1, -0.05) is 30.3 Å². The molecule has 1 N–H and O–H groups in total. The molecule has 4 rings (SSSR count). The van der Waals surface area contributed by atoms with E-state index in [0.29, 0.717) is 28.5 Å². The second-order valence-electron chi connectivity index (χ2n) is 6.70. The van der Waals surface area contributed by atoms with E-state index in [0.717, 1.165) is 10.4 Å². The van der Waals surface area contributed by atoms with Crippen molar-refractivity contribution in [1.82, 2.24) is 4.57 Å². The zero-order chi connectivity index (χ0) is 22.0. The molecule has 9 nitrogen and oxygen atoms in total. The first-order valence-electron chi connectivity index (χ1n) is 9.34. The standard InChI is InChI=1S/C22H19N5O4/c1-13-19(22(29)31-3)18(21(28)27(13)16-5-4-6-17(12-16)30-2)11-14-7-9-15(10-8-14)20-23-25-26-24-20/h4-12,28H,1-3H3. The number of rotatable bonds is 4. The number of carbonyl (C=O) groups is 1. The number of nitrogens with zero attached hydrogens (tertiary/aromatic N) is 5. The Kier molecular flexibility index (Phi) is 5.31. The molecule has 0 radical (unpaired) electrons. The average Bonchev–Trinajstić information content (AvgIpc) is 3.41. The zero-order valence-corrected chi connectivity index (χ0v) is 17.1. The second kappa shape index (κ2) is 8.23. The van der Waals surface area contributed by atoms with Crippen molar-refractivity contribution < 1.29 is 19.4 Å². The molecule has 0 bridgehead atoms. The molecule has 0 aliphatic carbocycles. The number of hydrogen-bond acceptors (Lipinski definition) is 8. The molecule has 0 saturated heterocycles. The molecule has 9 heteroatoms. The first-order valence-corrected chi connectivity index (χ1v) is 9.34. The maximum atomic E-state index is 12.6. The van der Waals surface area contributed by atoms with Gasteiger partial charge in [0.1, 0.15) is 5.75 Å². The molecular weight excluding hydrogens is 398 g/mol. The summed E-state index contributed by atoms with van der Waals surface area (Å²) in [6.07, 6.45) is 1.72. The fourth-order valence-corrected chi connectivity index (χ4v) is 3.42. The third-order valence-electron chi connectivity index (χ3n) is 4.92. The molecular formula is C22H19N5O4. The predicted octanol–water partition coefficient (Wildman–Crippen LogP) is 3.01. The maximum absolute atomic E-state index is 12.6. The molecule has 2 heterocycles. The summed E-state index contributed by atoms with van der Waals surface area (Å²) in [6, 6.07) is 14.5. The summed E-state index contributed by atoms with van der Waals surface area (Å²) in [4.78, 5) is 12.6. The Morgan fingerprint density at radius 3 is 2.42 bits per heavy atom. The first kappa shape index (κ1) is 20.0. The Hall–Kier alpha value is -4.27. The van der Waals surface area contributed by atoms with Gasteiger partial charge < -0.3 is 14.6 Å². The minimum absolute atomic E-state index is 0.0806. The van der Waals surface area contributed by atoms with Crippen molar-refractivity contribution in [2.45, 2.75) is 6.92 Å². The van der Waals surface area contributed by atoms with E-state index in [4.69, 9.17) is 9.47 Å². The lowest BCUT2D eigenvalue weighted by Gasteiger charge is -2.10. The van der Waals surface area contributed by atoms with Gasteiger partial charge in [-0.05, 0) is 40.8 Å². The van der Waals surface area contributed by atoms with Gasteiger partial charge in [-0.15, -0.1) is 10.2 Å². The lowest BCUT2D eigenvalue weighted by molar-refractivity contribution is 0.0599. The molecule has 0 amide bonds. The first-order chi connectivity index (χ1) is 15.0. The smallest absolute Gasteiger partial charge is 0.340 e. The van der Waals surface area contributed by atoms with Crippen LogP contribution in [0.15, 0.2) is 69.2 Å². The predicted molar refractivity (Wildman–Crippen MR) is 112 cm³/mol. The van der Waals surface area contributed by atoms with Gasteiger partial charge in [-0.2, -0.15) is 0 Å². The van der Waals surface area contributed by atoms with Crippen molar-refractivity contribution in [2.75, 3.05) is 14.2 Å². The number of aromatic nitrogens is 1. The third kappa shape index (κ3) is 3.68. The number of hydrogen-bond donors (Lipinski definition) is 1. The van der Waals surface area contributed by atoms with Gasteiger partial charge in [-0.25, -0.2) is 4.79 Å². The molecule has 1 aliphatic rings. The van der Waals surface area contributed by atoms with Crippen LogP contribution in [-0.4, -0.2) is 29.9 Å².